The van der Waals surface area contributed by atoms with Crippen LogP contribution in [0.1, 0.15) is 37.7 Å². The van der Waals surface area contributed by atoms with Gasteiger partial charge in [-0.3, -0.25) is 9.59 Å². The minimum absolute atomic E-state index is 0.0190. The zero-order chi connectivity index (χ0) is 14.8. The first kappa shape index (κ1) is 13.8. The van der Waals surface area contributed by atoms with Crippen molar-refractivity contribution >= 4 is 17.4 Å². The average Bonchev–Trinajstić information content (AvgIpc) is 2.47. The number of nitriles is 1. The molecule has 21 heavy (non-hydrogen) atoms. The van der Waals surface area contributed by atoms with Crippen LogP contribution in [-0.2, 0) is 9.59 Å². The molecule has 0 heterocycles. The Hall–Kier alpha value is -2.15. The lowest BCUT2D eigenvalue weighted by atomic mass is 9.67. The van der Waals surface area contributed by atoms with Crippen molar-refractivity contribution in [2.75, 3.05) is 5.32 Å². The number of nitrogens with one attached hydrogen (secondary N) is 1. The number of Topliss-reactive ketones (excluding diaryl/α,β-unsaturated/α-hetero) is 1. The highest BCUT2D eigenvalue weighted by molar-refractivity contribution is 5.95. The Morgan fingerprint density at radius 2 is 1.95 bits per heavy atom. The molecular weight excluding hydrogens is 264 g/mol. The molecule has 3 rings (SSSR count). The average molecular weight is 282 g/mol. The molecule has 108 valence electrons. The molecule has 2 fully saturated rings. The number of hydrogen-bond donors (Lipinski definition) is 1. The molecule has 0 aromatic heterocycles. The summed E-state index contributed by atoms with van der Waals surface area (Å²) in [4.78, 5) is 24.4. The maximum absolute atomic E-state index is 12.4. The van der Waals surface area contributed by atoms with Gasteiger partial charge in [0.25, 0.3) is 0 Å². The van der Waals surface area contributed by atoms with Gasteiger partial charge in [-0.05, 0) is 43.9 Å². The van der Waals surface area contributed by atoms with Gasteiger partial charge in [0.2, 0.25) is 5.91 Å². The lowest BCUT2D eigenvalue weighted by Gasteiger charge is -2.36. The fraction of sp³-hybridized carbons (Fsp3) is 0.471. The Labute approximate surface area is 124 Å². The van der Waals surface area contributed by atoms with Crippen LogP contribution >= 0.6 is 0 Å². The Kier molecular flexibility index (Phi) is 3.74. The van der Waals surface area contributed by atoms with E-state index in [1.54, 1.807) is 24.3 Å². The summed E-state index contributed by atoms with van der Waals surface area (Å²) < 4.78 is 0. The first-order chi connectivity index (χ1) is 10.2. The van der Waals surface area contributed by atoms with E-state index >= 15 is 0 Å². The molecule has 0 aliphatic heterocycles. The van der Waals surface area contributed by atoms with Crippen LogP contribution in [0, 0.1) is 29.1 Å². The maximum atomic E-state index is 12.4. The summed E-state index contributed by atoms with van der Waals surface area (Å²) >= 11 is 0. The number of carbonyl (C=O) groups excluding carboxylic acids is 2. The van der Waals surface area contributed by atoms with Crippen molar-refractivity contribution in [2.24, 2.45) is 17.8 Å². The molecule has 0 radical (unpaired) electrons. The quantitative estimate of drug-likeness (QED) is 0.906. The van der Waals surface area contributed by atoms with Gasteiger partial charge in [0.15, 0.2) is 0 Å². The third-order valence-corrected chi connectivity index (χ3v) is 4.68. The molecule has 1 aromatic carbocycles. The van der Waals surface area contributed by atoms with E-state index in [1.807, 2.05) is 0 Å². The normalized spacial score (nSPS) is 27.8. The van der Waals surface area contributed by atoms with Gasteiger partial charge in [0, 0.05) is 23.4 Å². The molecule has 1 N–H and O–H groups in total. The van der Waals surface area contributed by atoms with Gasteiger partial charge in [0.1, 0.15) is 5.78 Å². The predicted octanol–water partition coefficient (Wildman–Crippen LogP) is 2.89. The number of ketones is 1. The second kappa shape index (κ2) is 5.69. The van der Waals surface area contributed by atoms with E-state index in [-0.39, 0.29) is 23.7 Å². The van der Waals surface area contributed by atoms with E-state index in [0.717, 1.165) is 19.3 Å². The van der Waals surface area contributed by atoms with Crippen LogP contribution < -0.4 is 5.32 Å². The van der Waals surface area contributed by atoms with Crippen LogP contribution in [0.4, 0.5) is 5.69 Å². The number of rotatable bonds is 2. The molecule has 2 aliphatic carbocycles. The van der Waals surface area contributed by atoms with Gasteiger partial charge in [-0.15, -0.1) is 0 Å². The summed E-state index contributed by atoms with van der Waals surface area (Å²) in [5, 5.41) is 11.8. The molecule has 0 unspecified atom stereocenters. The van der Waals surface area contributed by atoms with Crippen molar-refractivity contribution in [1.82, 2.24) is 0 Å². The Morgan fingerprint density at radius 1 is 1.24 bits per heavy atom. The molecular formula is C17H18N2O2. The zero-order valence-corrected chi connectivity index (χ0v) is 11.8. The molecule has 0 spiro atoms. The van der Waals surface area contributed by atoms with Gasteiger partial charge in [-0.2, -0.15) is 5.26 Å². The maximum Gasteiger partial charge on any atom is 0.227 e. The molecule has 0 saturated heterocycles. The molecule has 4 heteroatoms. The summed E-state index contributed by atoms with van der Waals surface area (Å²) in [6, 6.07) is 8.99. The highest BCUT2D eigenvalue weighted by Crippen LogP contribution is 2.40. The van der Waals surface area contributed by atoms with Crippen LogP contribution in [0.3, 0.4) is 0 Å². The molecule has 1 aromatic rings. The standard InChI is InChI=1S/C17H18N2O2/c18-10-11-3-1-6-15(7-11)19-17(21)14-8-12-4-2-5-13(9-14)16(12)20/h1,3,6-7,12-14H,2,4-5,8-9H2,(H,19,21)/t12-,13-/m0/s1. The molecule has 1 amide bonds. The van der Waals surface area contributed by atoms with E-state index in [2.05, 4.69) is 11.4 Å². The van der Waals surface area contributed by atoms with E-state index in [4.69, 9.17) is 5.26 Å². The van der Waals surface area contributed by atoms with Crippen molar-refractivity contribution in [2.45, 2.75) is 32.1 Å². The minimum Gasteiger partial charge on any atom is -0.326 e. The van der Waals surface area contributed by atoms with E-state index < -0.39 is 0 Å². The number of benzene rings is 1. The third-order valence-electron chi connectivity index (χ3n) is 4.68. The van der Waals surface area contributed by atoms with Crippen LogP contribution in [0.25, 0.3) is 0 Å². The molecule has 2 atom stereocenters. The molecule has 2 saturated carbocycles. The highest BCUT2D eigenvalue weighted by atomic mass is 16.2. The second-order valence-electron chi connectivity index (χ2n) is 6.08. The second-order valence-corrected chi connectivity index (χ2v) is 6.08. The van der Waals surface area contributed by atoms with Crippen molar-refractivity contribution in [1.29, 1.82) is 5.26 Å². The lowest BCUT2D eigenvalue weighted by molar-refractivity contribution is -0.136. The predicted molar refractivity (Wildman–Crippen MR) is 78.3 cm³/mol. The highest BCUT2D eigenvalue weighted by Gasteiger charge is 2.41. The first-order valence-corrected chi connectivity index (χ1v) is 7.52. The minimum atomic E-state index is -0.0799. The lowest BCUT2D eigenvalue weighted by Crippen LogP contribution is -2.40. The fourth-order valence-electron chi connectivity index (χ4n) is 3.60. The molecule has 4 nitrogen and oxygen atoms in total. The zero-order valence-electron chi connectivity index (χ0n) is 11.8. The number of amides is 1. The smallest absolute Gasteiger partial charge is 0.227 e. The number of carbonyl (C=O) groups is 2. The molecule has 2 aliphatic rings. The van der Waals surface area contributed by atoms with Gasteiger partial charge in [0.05, 0.1) is 11.6 Å². The molecule has 2 bridgehead atoms. The van der Waals surface area contributed by atoms with Gasteiger partial charge in [-0.25, -0.2) is 0 Å². The number of fused-ring (bicyclic) bond motifs is 2. The summed E-state index contributed by atoms with van der Waals surface area (Å²) in [5.74, 6) is 0.437. The third kappa shape index (κ3) is 2.82. The van der Waals surface area contributed by atoms with E-state index in [0.29, 0.717) is 29.9 Å². The summed E-state index contributed by atoms with van der Waals surface area (Å²) in [5.41, 5.74) is 1.18. The van der Waals surface area contributed by atoms with Crippen molar-refractivity contribution < 1.29 is 9.59 Å². The van der Waals surface area contributed by atoms with Crippen molar-refractivity contribution in [3.63, 3.8) is 0 Å². The van der Waals surface area contributed by atoms with Gasteiger partial charge >= 0.3 is 0 Å². The first-order valence-electron chi connectivity index (χ1n) is 7.52. The van der Waals surface area contributed by atoms with Crippen molar-refractivity contribution in [3.8, 4) is 6.07 Å². The van der Waals surface area contributed by atoms with Crippen LogP contribution in [0.2, 0.25) is 0 Å². The van der Waals surface area contributed by atoms with Gasteiger partial charge < -0.3 is 5.32 Å². The number of hydrogen-bond acceptors (Lipinski definition) is 3. The topological polar surface area (TPSA) is 70.0 Å². The Bertz CT molecular complexity index is 601. The van der Waals surface area contributed by atoms with Gasteiger partial charge in [-0.1, -0.05) is 12.5 Å². The van der Waals surface area contributed by atoms with Crippen LogP contribution in [0.5, 0.6) is 0 Å². The summed E-state index contributed by atoms with van der Waals surface area (Å²) in [6.07, 6.45) is 4.34. The number of anilines is 1. The van der Waals surface area contributed by atoms with Crippen molar-refractivity contribution in [3.05, 3.63) is 29.8 Å². The fourth-order valence-corrected chi connectivity index (χ4v) is 3.60. The Balaban J connectivity index is 1.68. The van der Waals surface area contributed by atoms with Crippen LogP contribution in [-0.4, -0.2) is 11.7 Å². The number of nitrogens with zero attached hydrogens (tertiary/aromatic N) is 1. The summed E-state index contributed by atoms with van der Waals surface area (Å²) in [6.45, 7) is 0. The van der Waals surface area contributed by atoms with E-state index in [9.17, 15) is 9.59 Å². The largest absolute Gasteiger partial charge is 0.326 e. The summed E-state index contributed by atoms with van der Waals surface area (Å²) in [7, 11) is 0. The van der Waals surface area contributed by atoms with Crippen LogP contribution in [0.15, 0.2) is 24.3 Å². The SMILES string of the molecule is N#Cc1cccc(NC(=O)C2C[C@@H]3CCC[C@@H](C2)C3=O)c1. The van der Waals surface area contributed by atoms with E-state index in [1.165, 1.54) is 0 Å². The Morgan fingerprint density at radius 3 is 2.62 bits per heavy atom. The monoisotopic (exact) mass is 282 g/mol.